The number of amides is 1. The van der Waals surface area contributed by atoms with E-state index in [4.69, 9.17) is 4.74 Å². The summed E-state index contributed by atoms with van der Waals surface area (Å²) in [5.41, 5.74) is -0.268. The number of hydrogen-bond donors (Lipinski definition) is 3. The number of rotatable bonds is 4. The molecular formula is C20H30F2N4O2. The Hall–Kier alpha value is -2.38. The molecule has 3 N–H and O–H groups in total. The summed E-state index contributed by atoms with van der Waals surface area (Å²) in [6.07, 6.45) is 2.97. The highest BCUT2D eigenvalue weighted by molar-refractivity contribution is 5.80. The maximum atomic E-state index is 13.7. The molecule has 1 aliphatic carbocycles. The molecule has 0 saturated heterocycles. The van der Waals surface area contributed by atoms with Gasteiger partial charge < -0.3 is 20.7 Å². The van der Waals surface area contributed by atoms with Crippen molar-refractivity contribution in [3.05, 3.63) is 35.4 Å². The van der Waals surface area contributed by atoms with Crippen molar-refractivity contribution in [1.29, 1.82) is 0 Å². The standard InChI is InChI=1S/C20H30F2N4O2/c1-20(2,3)28-19(27)26-16-8-6-15(7-9-16)25-18(23-4)24-12-13-11-14(21)5-10-17(13)22/h5,10-11,15-16H,6-9,12H2,1-4H3,(H,26,27)(H2,23,24,25). The Morgan fingerprint density at radius 3 is 2.32 bits per heavy atom. The van der Waals surface area contributed by atoms with Crippen LogP contribution in [0.25, 0.3) is 0 Å². The lowest BCUT2D eigenvalue weighted by atomic mass is 9.91. The summed E-state index contributed by atoms with van der Waals surface area (Å²) in [6, 6.07) is 3.66. The number of halogens is 2. The SMILES string of the molecule is CN=C(NCc1cc(F)ccc1F)NC1CCC(NC(=O)OC(C)(C)C)CC1. The zero-order chi connectivity index (χ0) is 20.7. The fraction of sp³-hybridized carbons (Fsp3) is 0.600. The zero-order valence-electron chi connectivity index (χ0n) is 16.9. The van der Waals surface area contributed by atoms with Gasteiger partial charge in [-0.15, -0.1) is 0 Å². The first-order chi connectivity index (χ1) is 13.2. The van der Waals surface area contributed by atoms with Crippen molar-refractivity contribution in [2.75, 3.05) is 7.05 Å². The largest absolute Gasteiger partial charge is 0.444 e. The summed E-state index contributed by atoms with van der Waals surface area (Å²) in [5.74, 6) is -0.401. The number of guanidine groups is 1. The number of carbonyl (C=O) groups is 1. The molecule has 1 amide bonds. The van der Waals surface area contributed by atoms with Gasteiger partial charge in [0.2, 0.25) is 0 Å². The average Bonchev–Trinajstić information content (AvgIpc) is 2.61. The molecule has 0 radical (unpaired) electrons. The lowest BCUT2D eigenvalue weighted by Crippen LogP contribution is -2.48. The highest BCUT2D eigenvalue weighted by atomic mass is 19.1. The Morgan fingerprint density at radius 2 is 1.75 bits per heavy atom. The molecule has 0 unspecified atom stereocenters. The minimum absolute atomic E-state index is 0.0873. The normalized spacial score (nSPS) is 20.4. The molecule has 8 heteroatoms. The van der Waals surface area contributed by atoms with Gasteiger partial charge in [-0.2, -0.15) is 0 Å². The molecule has 0 spiro atoms. The van der Waals surface area contributed by atoms with Crippen LogP contribution in [-0.2, 0) is 11.3 Å². The molecule has 2 rings (SSSR count). The van der Waals surface area contributed by atoms with Gasteiger partial charge in [-0.3, -0.25) is 4.99 Å². The molecule has 1 aliphatic rings. The highest BCUT2D eigenvalue weighted by Gasteiger charge is 2.25. The van der Waals surface area contributed by atoms with Crippen LogP contribution < -0.4 is 16.0 Å². The predicted molar refractivity (Wildman–Crippen MR) is 105 cm³/mol. The van der Waals surface area contributed by atoms with E-state index in [1.807, 2.05) is 20.8 Å². The molecule has 0 aliphatic heterocycles. The van der Waals surface area contributed by atoms with Crippen LogP contribution in [0.3, 0.4) is 0 Å². The monoisotopic (exact) mass is 396 g/mol. The van der Waals surface area contributed by atoms with E-state index < -0.39 is 23.3 Å². The number of aliphatic imine (C=N–C) groups is 1. The van der Waals surface area contributed by atoms with Crippen LogP contribution in [0.5, 0.6) is 0 Å². The summed E-state index contributed by atoms with van der Waals surface area (Å²) in [5, 5.41) is 9.22. The minimum Gasteiger partial charge on any atom is -0.444 e. The first kappa shape index (κ1) is 21.9. The van der Waals surface area contributed by atoms with E-state index in [9.17, 15) is 13.6 Å². The van der Waals surface area contributed by atoms with Gasteiger partial charge in [-0.1, -0.05) is 0 Å². The van der Waals surface area contributed by atoms with E-state index in [-0.39, 0.29) is 24.2 Å². The lowest BCUT2D eigenvalue weighted by Gasteiger charge is -2.31. The second-order valence-corrected chi connectivity index (χ2v) is 8.00. The maximum absolute atomic E-state index is 13.7. The Morgan fingerprint density at radius 1 is 1.14 bits per heavy atom. The van der Waals surface area contributed by atoms with Gasteiger partial charge in [0.05, 0.1) is 0 Å². The van der Waals surface area contributed by atoms with Crippen molar-refractivity contribution >= 4 is 12.1 Å². The van der Waals surface area contributed by atoms with Crippen LogP contribution in [0.4, 0.5) is 13.6 Å². The van der Waals surface area contributed by atoms with Crippen LogP contribution in [0.2, 0.25) is 0 Å². The number of nitrogens with one attached hydrogen (secondary N) is 3. The van der Waals surface area contributed by atoms with Crippen molar-refractivity contribution in [1.82, 2.24) is 16.0 Å². The molecule has 0 atom stereocenters. The van der Waals surface area contributed by atoms with E-state index in [0.29, 0.717) is 5.96 Å². The first-order valence-corrected chi connectivity index (χ1v) is 9.57. The number of ether oxygens (including phenoxy) is 1. The van der Waals surface area contributed by atoms with Crippen molar-refractivity contribution in [2.45, 2.75) is 70.7 Å². The number of hydrogen-bond acceptors (Lipinski definition) is 3. The van der Waals surface area contributed by atoms with Gasteiger partial charge in [0, 0.05) is 31.2 Å². The summed E-state index contributed by atoms with van der Waals surface area (Å²) in [6.45, 7) is 5.64. The summed E-state index contributed by atoms with van der Waals surface area (Å²) in [7, 11) is 1.63. The second-order valence-electron chi connectivity index (χ2n) is 8.00. The fourth-order valence-corrected chi connectivity index (χ4v) is 3.10. The average molecular weight is 396 g/mol. The van der Waals surface area contributed by atoms with E-state index >= 15 is 0 Å². The van der Waals surface area contributed by atoms with Crippen molar-refractivity contribution in [3.8, 4) is 0 Å². The second kappa shape index (κ2) is 9.71. The van der Waals surface area contributed by atoms with E-state index in [0.717, 1.165) is 37.8 Å². The Balaban J connectivity index is 1.76. The number of carbonyl (C=O) groups excluding carboxylic acids is 1. The molecule has 1 aromatic rings. The summed E-state index contributed by atoms with van der Waals surface area (Å²) in [4.78, 5) is 16.0. The number of nitrogens with zero attached hydrogens (tertiary/aromatic N) is 1. The van der Waals surface area contributed by atoms with Crippen LogP contribution >= 0.6 is 0 Å². The van der Waals surface area contributed by atoms with Gasteiger partial charge in [0.15, 0.2) is 5.96 Å². The van der Waals surface area contributed by atoms with Crippen LogP contribution in [0.1, 0.15) is 52.0 Å². The number of alkyl carbamates (subject to hydrolysis) is 1. The van der Waals surface area contributed by atoms with Crippen molar-refractivity contribution < 1.29 is 18.3 Å². The molecule has 0 heterocycles. The Labute approximate surface area is 165 Å². The molecule has 0 bridgehead atoms. The molecular weight excluding hydrogens is 366 g/mol. The third-order valence-corrected chi connectivity index (χ3v) is 4.47. The fourth-order valence-electron chi connectivity index (χ4n) is 3.10. The molecule has 0 aromatic heterocycles. The van der Waals surface area contributed by atoms with E-state index in [1.165, 1.54) is 6.07 Å². The zero-order valence-corrected chi connectivity index (χ0v) is 16.9. The topological polar surface area (TPSA) is 74.8 Å². The maximum Gasteiger partial charge on any atom is 0.407 e. The van der Waals surface area contributed by atoms with Crippen LogP contribution in [-0.4, -0.2) is 36.8 Å². The third kappa shape index (κ3) is 7.32. The molecule has 1 fully saturated rings. The van der Waals surface area contributed by atoms with Gasteiger partial charge in [-0.05, 0) is 64.7 Å². The highest BCUT2D eigenvalue weighted by Crippen LogP contribution is 2.19. The van der Waals surface area contributed by atoms with Crippen LogP contribution in [0.15, 0.2) is 23.2 Å². The van der Waals surface area contributed by atoms with E-state index in [2.05, 4.69) is 20.9 Å². The molecule has 156 valence electrons. The molecule has 6 nitrogen and oxygen atoms in total. The lowest BCUT2D eigenvalue weighted by molar-refractivity contribution is 0.0490. The Kier molecular flexibility index (Phi) is 7.60. The van der Waals surface area contributed by atoms with Gasteiger partial charge in [-0.25, -0.2) is 13.6 Å². The summed E-state index contributed by atoms with van der Waals surface area (Å²) < 4.78 is 32.3. The van der Waals surface area contributed by atoms with Gasteiger partial charge in [0.25, 0.3) is 0 Å². The van der Waals surface area contributed by atoms with Gasteiger partial charge >= 0.3 is 6.09 Å². The van der Waals surface area contributed by atoms with Crippen molar-refractivity contribution in [3.63, 3.8) is 0 Å². The molecule has 28 heavy (non-hydrogen) atoms. The van der Waals surface area contributed by atoms with Gasteiger partial charge in [0.1, 0.15) is 17.2 Å². The first-order valence-electron chi connectivity index (χ1n) is 9.57. The predicted octanol–water partition coefficient (Wildman–Crippen LogP) is 3.47. The van der Waals surface area contributed by atoms with Crippen LogP contribution in [0, 0.1) is 11.6 Å². The molecule has 1 saturated carbocycles. The molecule has 1 aromatic carbocycles. The smallest absolute Gasteiger partial charge is 0.407 e. The minimum atomic E-state index is -0.512. The third-order valence-electron chi connectivity index (χ3n) is 4.47. The quantitative estimate of drug-likeness (QED) is 0.538. The van der Waals surface area contributed by atoms with E-state index in [1.54, 1.807) is 7.05 Å². The number of benzene rings is 1. The Bertz CT molecular complexity index is 696. The van der Waals surface area contributed by atoms with Crippen molar-refractivity contribution in [2.24, 2.45) is 4.99 Å². The summed E-state index contributed by atoms with van der Waals surface area (Å²) >= 11 is 0.